The summed E-state index contributed by atoms with van der Waals surface area (Å²) in [7, 11) is 1.58. The molecule has 0 aliphatic heterocycles. The van der Waals surface area contributed by atoms with E-state index in [2.05, 4.69) is 4.89 Å². The maximum absolute atomic E-state index is 5.10. The Kier molecular flexibility index (Phi) is 0.853. The molecule has 7 heavy (non-hydrogen) atoms. The summed E-state index contributed by atoms with van der Waals surface area (Å²) in [5.74, 6) is 0. The minimum absolute atomic E-state index is 0.234. The summed E-state index contributed by atoms with van der Waals surface area (Å²) in [5, 5.41) is 0. The quantitative estimate of drug-likeness (QED) is 0.490. The Morgan fingerprint density at radius 1 is 1.86 bits per heavy atom. The molecule has 0 aliphatic carbocycles. The van der Waals surface area contributed by atoms with E-state index in [4.69, 9.17) is 10.2 Å². The van der Waals surface area contributed by atoms with E-state index in [9.17, 15) is 0 Å². The fourth-order valence-electron chi connectivity index (χ4n) is 0.372. The van der Waals surface area contributed by atoms with Gasteiger partial charge in [-0.2, -0.15) is 0 Å². The number of rotatable bonds is 0. The minimum atomic E-state index is 0.234. The van der Waals surface area contributed by atoms with Gasteiger partial charge in [0, 0.05) is 0 Å². The van der Waals surface area contributed by atoms with Crippen LogP contribution >= 0.6 is 0 Å². The molecule has 36 valence electrons. The average molecular weight is 95.9 g/mol. The molecule has 0 fully saturated rings. The van der Waals surface area contributed by atoms with Crippen molar-refractivity contribution in [3.8, 4) is 0 Å². The van der Waals surface area contributed by atoms with Crippen LogP contribution in [0.3, 0.4) is 0 Å². The Hall–Kier alpha value is -0.795. The van der Waals surface area contributed by atoms with Crippen LogP contribution in [0.1, 0.15) is 5.66 Å². The molecule has 0 spiro atoms. The first-order valence-electron chi connectivity index (χ1n) is 1.97. The molecule has 1 rings (SSSR count). The third-order valence-corrected chi connectivity index (χ3v) is 0.639. The number of aryl methyl sites for hydroxylation is 1. The topological polar surface area (TPSA) is 52.0 Å². The Morgan fingerprint density at radius 2 is 2.57 bits per heavy atom. The van der Waals surface area contributed by atoms with Gasteiger partial charge in [0.25, 0.3) is 0 Å². The van der Waals surface area contributed by atoms with Crippen molar-refractivity contribution in [3.63, 3.8) is 0 Å². The van der Waals surface area contributed by atoms with E-state index < -0.39 is 0 Å². The van der Waals surface area contributed by atoms with Crippen molar-refractivity contribution in [1.82, 2.24) is 4.89 Å². The van der Waals surface area contributed by atoms with Crippen molar-refractivity contribution in [2.45, 2.75) is 6.92 Å². The third-order valence-electron chi connectivity index (χ3n) is 0.639. The zero-order valence-corrected chi connectivity index (χ0v) is 4.01. The molecule has 0 saturated heterocycles. The monoisotopic (exact) mass is 96.0 g/mol. The van der Waals surface area contributed by atoms with Crippen LogP contribution in [0.25, 0.3) is 0 Å². The van der Waals surface area contributed by atoms with Crippen molar-refractivity contribution < 1.29 is 4.42 Å². The Labute approximate surface area is 41.8 Å². The molecular weight excluding hydrogens is 90.9 g/mol. The zero-order valence-electron chi connectivity index (χ0n) is 4.01. The third kappa shape index (κ3) is 0.794. The number of anilines is 1. The predicted molar refractivity (Wildman–Crippen MR) is 27.0 cm³/mol. The van der Waals surface area contributed by atoms with Crippen LogP contribution in [-0.4, -0.2) is 11.9 Å². The number of hydrogen-bond acceptors (Lipinski definition) is 3. The molecule has 1 aromatic heterocycles. The van der Waals surface area contributed by atoms with E-state index in [1.165, 1.54) is 0 Å². The summed E-state index contributed by atoms with van der Waals surface area (Å²) in [5.41, 5.74) is 5.85. The summed E-state index contributed by atoms with van der Waals surface area (Å²) in [6.45, 7) is 1.80. The SMILES string of the molecule is Cc1bnc(N)o1. The van der Waals surface area contributed by atoms with Crippen LogP contribution in [0.2, 0.25) is 0 Å². The van der Waals surface area contributed by atoms with Gasteiger partial charge in [0.1, 0.15) is 0 Å². The molecule has 0 aliphatic rings. The molecule has 3 nitrogen and oxygen atoms in total. The zero-order chi connectivity index (χ0) is 5.28. The number of nitrogen functional groups attached to an aromatic ring is 1. The standard InChI is InChI=1S/C3H5BN2O/c1-2-4-6-3(5)7-2/h1H3,(H2,5,6). The van der Waals surface area contributed by atoms with E-state index >= 15 is 0 Å². The van der Waals surface area contributed by atoms with Crippen molar-refractivity contribution >= 4 is 13.1 Å². The fraction of sp³-hybridized carbons (Fsp3) is 0.333. The molecule has 0 atom stereocenters. The van der Waals surface area contributed by atoms with Crippen molar-refractivity contribution in [1.29, 1.82) is 0 Å². The number of aromatic nitrogens is 1. The summed E-state index contributed by atoms with van der Waals surface area (Å²) in [4.78, 5) is 3.63. The Morgan fingerprint density at radius 3 is 2.71 bits per heavy atom. The van der Waals surface area contributed by atoms with Crippen LogP contribution in [0.4, 0.5) is 6.01 Å². The van der Waals surface area contributed by atoms with E-state index in [1.54, 1.807) is 14.0 Å². The van der Waals surface area contributed by atoms with Crippen molar-refractivity contribution in [2.75, 3.05) is 5.73 Å². The molecule has 0 bridgehead atoms. The van der Waals surface area contributed by atoms with Crippen molar-refractivity contribution in [3.05, 3.63) is 5.66 Å². The molecule has 4 heteroatoms. The van der Waals surface area contributed by atoms with Gasteiger partial charge in [-0.25, -0.2) is 0 Å². The van der Waals surface area contributed by atoms with Gasteiger partial charge in [-0.3, -0.25) is 0 Å². The molecule has 0 radical (unpaired) electrons. The molecule has 0 saturated carbocycles. The number of hydrogen-bond donors (Lipinski definition) is 1. The van der Waals surface area contributed by atoms with E-state index in [0.717, 1.165) is 5.66 Å². The first kappa shape index (κ1) is 4.37. The van der Waals surface area contributed by atoms with Gasteiger partial charge in [0.2, 0.25) is 0 Å². The molecule has 0 amide bonds. The Bertz CT molecular complexity index is 145. The molecule has 0 unspecified atom stereocenters. The van der Waals surface area contributed by atoms with Gasteiger partial charge in [0.15, 0.2) is 0 Å². The van der Waals surface area contributed by atoms with E-state index in [-0.39, 0.29) is 6.01 Å². The molecule has 1 heterocycles. The first-order valence-corrected chi connectivity index (χ1v) is 1.97. The summed E-state index contributed by atoms with van der Waals surface area (Å²) < 4.78 is 4.75. The van der Waals surface area contributed by atoms with Gasteiger partial charge in [-0.15, -0.1) is 0 Å². The van der Waals surface area contributed by atoms with Gasteiger partial charge in [0.05, 0.1) is 0 Å². The normalized spacial score (nSPS) is 8.71. The molecule has 0 aromatic carbocycles. The number of nitrogens with two attached hydrogens (primary N) is 1. The van der Waals surface area contributed by atoms with Gasteiger partial charge < -0.3 is 0 Å². The van der Waals surface area contributed by atoms with Crippen molar-refractivity contribution in [2.24, 2.45) is 0 Å². The molecule has 2 N–H and O–H groups in total. The second kappa shape index (κ2) is 1.37. The summed E-state index contributed by atoms with van der Waals surface area (Å²) in [6.07, 6.45) is 0. The number of nitrogens with zero attached hydrogens (tertiary/aromatic N) is 1. The predicted octanol–water partition coefficient (Wildman–Crippen LogP) is -0.0967. The molecule has 1 aromatic rings. The average Bonchev–Trinajstić information content (AvgIpc) is 1.87. The van der Waals surface area contributed by atoms with Gasteiger partial charge in [-0.1, -0.05) is 0 Å². The van der Waals surface area contributed by atoms with Crippen LogP contribution in [0.5, 0.6) is 0 Å². The molecular formula is C3H5BN2O. The van der Waals surface area contributed by atoms with Gasteiger partial charge in [-0.05, 0) is 0 Å². The Balaban J connectivity index is 3.04. The maximum atomic E-state index is 5.10. The second-order valence-electron chi connectivity index (χ2n) is 1.31. The van der Waals surface area contributed by atoms with Crippen LogP contribution in [0, 0.1) is 6.92 Å². The second-order valence-corrected chi connectivity index (χ2v) is 1.31. The van der Waals surface area contributed by atoms with Gasteiger partial charge >= 0.3 is 40.7 Å². The summed E-state index contributed by atoms with van der Waals surface area (Å²) >= 11 is 0. The van der Waals surface area contributed by atoms with E-state index in [0.29, 0.717) is 0 Å². The summed E-state index contributed by atoms with van der Waals surface area (Å²) in [6, 6.07) is 0.234. The van der Waals surface area contributed by atoms with Crippen LogP contribution in [-0.2, 0) is 0 Å². The van der Waals surface area contributed by atoms with Crippen LogP contribution < -0.4 is 5.73 Å². The first-order chi connectivity index (χ1) is 3.29. The fourth-order valence-corrected chi connectivity index (χ4v) is 0.372. The van der Waals surface area contributed by atoms with E-state index in [1.807, 2.05) is 0 Å². The van der Waals surface area contributed by atoms with Crippen LogP contribution in [0.15, 0.2) is 4.42 Å².